The maximum absolute atomic E-state index is 13.3. The molecule has 1 atom stereocenters. The van der Waals surface area contributed by atoms with Gasteiger partial charge in [0.25, 0.3) is 0 Å². The van der Waals surface area contributed by atoms with Crippen LogP contribution in [-0.4, -0.2) is 9.55 Å². The van der Waals surface area contributed by atoms with E-state index >= 15 is 0 Å². The maximum atomic E-state index is 13.3. The molecule has 1 unspecified atom stereocenters. The second-order valence-corrected chi connectivity index (χ2v) is 6.41. The van der Waals surface area contributed by atoms with Crippen molar-refractivity contribution < 1.29 is 4.39 Å². The third-order valence-corrected chi connectivity index (χ3v) is 3.41. The predicted molar refractivity (Wildman–Crippen MR) is 76.5 cm³/mol. The fourth-order valence-corrected chi connectivity index (χ4v) is 2.24. The Bertz CT molecular complexity index is 593. The molecule has 0 aliphatic heterocycles. The fourth-order valence-electron chi connectivity index (χ4n) is 2.24. The van der Waals surface area contributed by atoms with Crippen molar-refractivity contribution in [2.24, 2.45) is 11.1 Å². The van der Waals surface area contributed by atoms with E-state index in [9.17, 15) is 4.39 Å². The molecule has 0 saturated carbocycles. The quantitative estimate of drug-likeness (QED) is 0.895. The number of hydrogen-bond donors (Lipinski definition) is 1. The summed E-state index contributed by atoms with van der Waals surface area (Å²) in [6.45, 7) is 10.4. The minimum atomic E-state index is -0.267. The van der Waals surface area contributed by atoms with Crippen LogP contribution in [0.3, 0.4) is 0 Å². The van der Waals surface area contributed by atoms with Gasteiger partial charge in [-0.2, -0.15) is 0 Å². The highest BCUT2D eigenvalue weighted by atomic mass is 19.1. The molecule has 4 heteroatoms. The summed E-state index contributed by atoms with van der Waals surface area (Å²) in [5.41, 5.74) is 7.85. The minimum Gasteiger partial charge on any atom is -0.324 e. The monoisotopic (exact) mass is 263 g/mol. The van der Waals surface area contributed by atoms with E-state index < -0.39 is 0 Å². The zero-order valence-electron chi connectivity index (χ0n) is 12.2. The first-order valence-electron chi connectivity index (χ1n) is 6.65. The van der Waals surface area contributed by atoms with E-state index in [1.807, 2.05) is 0 Å². The average Bonchev–Trinajstić information content (AvgIpc) is 2.64. The molecule has 3 nitrogen and oxygen atoms in total. The number of halogens is 1. The Kier molecular flexibility index (Phi) is 3.39. The molecule has 19 heavy (non-hydrogen) atoms. The number of rotatable bonds is 2. The Morgan fingerprint density at radius 2 is 1.89 bits per heavy atom. The Hall–Kier alpha value is -1.42. The molecule has 0 amide bonds. The number of nitrogens with two attached hydrogens (primary N) is 1. The van der Waals surface area contributed by atoms with Gasteiger partial charge in [0, 0.05) is 12.1 Å². The Morgan fingerprint density at radius 1 is 1.26 bits per heavy atom. The smallest absolute Gasteiger partial charge is 0.127 e. The summed E-state index contributed by atoms with van der Waals surface area (Å²) in [6.07, 6.45) is 0. The highest BCUT2D eigenvalue weighted by Gasteiger charge is 2.28. The van der Waals surface area contributed by atoms with Crippen LogP contribution in [0.25, 0.3) is 11.0 Å². The molecular formula is C15H22FN3. The molecule has 0 radical (unpaired) electrons. The van der Waals surface area contributed by atoms with Crippen molar-refractivity contribution >= 4 is 11.0 Å². The zero-order chi connectivity index (χ0) is 14.4. The molecule has 0 bridgehead atoms. The number of aromatic nitrogens is 2. The Labute approximate surface area is 113 Å². The third kappa shape index (κ3) is 2.50. The van der Waals surface area contributed by atoms with Crippen molar-refractivity contribution in [3.05, 3.63) is 29.8 Å². The van der Waals surface area contributed by atoms with Crippen LogP contribution in [0, 0.1) is 11.2 Å². The summed E-state index contributed by atoms with van der Waals surface area (Å²) in [6, 6.07) is 4.75. The molecule has 1 heterocycles. The van der Waals surface area contributed by atoms with E-state index in [-0.39, 0.29) is 23.3 Å². The molecule has 1 aromatic carbocycles. The van der Waals surface area contributed by atoms with Gasteiger partial charge in [-0.05, 0) is 31.4 Å². The molecule has 0 saturated heterocycles. The van der Waals surface area contributed by atoms with E-state index in [4.69, 9.17) is 5.73 Å². The minimum absolute atomic E-state index is 0.0907. The second-order valence-electron chi connectivity index (χ2n) is 6.41. The van der Waals surface area contributed by atoms with Crippen molar-refractivity contribution in [2.45, 2.75) is 46.7 Å². The summed E-state index contributed by atoms with van der Waals surface area (Å²) in [4.78, 5) is 4.56. The fraction of sp³-hybridized carbons (Fsp3) is 0.533. The van der Waals surface area contributed by atoms with Crippen LogP contribution in [-0.2, 0) is 0 Å². The first-order chi connectivity index (χ1) is 8.71. The van der Waals surface area contributed by atoms with Crippen LogP contribution in [0.4, 0.5) is 4.39 Å². The van der Waals surface area contributed by atoms with E-state index in [1.165, 1.54) is 12.1 Å². The van der Waals surface area contributed by atoms with Gasteiger partial charge in [0.2, 0.25) is 0 Å². The van der Waals surface area contributed by atoms with Gasteiger partial charge in [0.05, 0.1) is 17.1 Å². The van der Waals surface area contributed by atoms with Crippen molar-refractivity contribution in [2.75, 3.05) is 0 Å². The topological polar surface area (TPSA) is 43.8 Å². The number of hydrogen-bond acceptors (Lipinski definition) is 2. The van der Waals surface area contributed by atoms with E-state index in [1.54, 1.807) is 6.07 Å². The molecule has 1 aromatic heterocycles. The van der Waals surface area contributed by atoms with Gasteiger partial charge in [-0.1, -0.05) is 20.8 Å². The standard InChI is InChI=1S/C15H22FN3/c1-9(2)19-12-7-6-10(16)8-11(12)18-14(19)13(17)15(3,4)5/h6-9,13H,17H2,1-5H3. The SMILES string of the molecule is CC(C)n1c(C(N)C(C)(C)C)nc2cc(F)ccc21. The highest BCUT2D eigenvalue weighted by molar-refractivity contribution is 5.76. The Morgan fingerprint density at radius 3 is 2.42 bits per heavy atom. The van der Waals surface area contributed by atoms with Gasteiger partial charge >= 0.3 is 0 Å². The van der Waals surface area contributed by atoms with Crippen molar-refractivity contribution in [3.8, 4) is 0 Å². The van der Waals surface area contributed by atoms with E-state index in [0.717, 1.165) is 11.3 Å². The zero-order valence-corrected chi connectivity index (χ0v) is 12.2. The number of imidazole rings is 1. The van der Waals surface area contributed by atoms with Gasteiger partial charge in [0.1, 0.15) is 11.6 Å². The van der Waals surface area contributed by atoms with Crippen LogP contribution in [0.15, 0.2) is 18.2 Å². The largest absolute Gasteiger partial charge is 0.324 e. The molecule has 104 valence electrons. The average molecular weight is 263 g/mol. The van der Waals surface area contributed by atoms with Gasteiger partial charge in [-0.15, -0.1) is 0 Å². The normalized spacial score (nSPS) is 14.3. The lowest BCUT2D eigenvalue weighted by Crippen LogP contribution is -2.29. The summed E-state index contributed by atoms with van der Waals surface area (Å²) >= 11 is 0. The van der Waals surface area contributed by atoms with Crippen LogP contribution < -0.4 is 5.73 Å². The summed E-state index contributed by atoms with van der Waals surface area (Å²) < 4.78 is 15.4. The van der Waals surface area contributed by atoms with Gasteiger partial charge in [-0.3, -0.25) is 0 Å². The van der Waals surface area contributed by atoms with Crippen molar-refractivity contribution in [1.29, 1.82) is 0 Å². The maximum Gasteiger partial charge on any atom is 0.127 e. The van der Waals surface area contributed by atoms with Crippen LogP contribution in [0.1, 0.15) is 52.5 Å². The number of nitrogens with zero attached hydrogens (tertiary/aromatic N) is 2. The second kappa shape index (κ2) is 4.60. The summed E-state index contributed by atoms with van der Waals surface area (Å²) in [5.74, 6) is 0.555. The van der Waals surface area contributed by atoms with Crippen LogP contribution >= 0.6 is 0 Å². The van der Waals surface area contributed by atoms with E-state index in [2.05, 4.69) is 44.2 Å². The molecular weight excluding hydrogens is 241 g/mol. The molecule has 0 aliphatic carbocycles. The first kappa shape index (κ1) is 14.0. The third-order valence-electron chi connectivity index (χ3n) is 3.41. The highest BCUT2D eigenvalue weighted by Crippen LogP contribution is 2.33. The molecule has 0 aliphatic rings. The Balaban J connectivity index is 2.69. The predicted octanol–water partition coefficient (Wildman–Crippen LogP) is 3.80. The van der Waals surface area contributed by atoms with Gasteiger partial charge in [0.15, 0.2) is 0 Å². The number of fused-ring (bicyclic) bond motifs is 1. The van der Waals surface area contributed by atoms with Gasteiger partial charge in [-0.25, -0.2) is 9.37 Å². The van der Waals surface area contributed by atoms with Crippen LogP contribution in [0.2, 0.25) is 0 Å². The molecule has 2 N–H and O–H groups in total. The lowest BCUT2D eigenvalue weighted by atomic mass is 9.87. The number of benzene rings is 1. The lowest BCUT2D eigenvalue weighted by molar-refractivity contribution is 0.305. The summed E-state index contributed by atoms with van der Waals surface area (Å²) in [7, 11) is 0. The molecule has 2 rings (SSSR count). The van der Waals surface area contributed by atoms with Crippen LogP contribution in [0.5, 0.6) is 0 Å². The molecule has 0 fully saturated rings. The van der Waals surface area contributed by atoms with Crippen molar-refractivity contribution in [3.63, 3.8) is 0 Å². The molecule has 2 aromatic rings. The molecule has 0 spiro atoms. The first-order valence-corrected chi connectivity index (χ1v) is 6.65. The lowest BCUT2D eigenvalue weighted by Gasteiger charge is -2.28. The van der Waals surface area contributed by atoms with Gasteiger partial charge < -0.3 is 10.3 Å². The van der Waals surface area contributed by atoms with Crippen molar-refractivity contribution in [1.82, 2.24) is 9.55 Å². The van der Waals surface area contributed by atoms with E-state index in [0.29, 0.717) is 5.52 Å². The summed E-state index contributed by atoms with van der Waals surface area (Å²) in [5, 5.41) is 0.